The fourth-order valence-corrected chi connectivity index (χ4v) is 4.55. The third-order valence-corrected chi connectivity index (χ3v) is 5.82. The van der Waals surface area contributed by atoms with E-state index in [0.717, 1.165) is 29.9 Å². The lowest BCUT2D eigenvalue weighted by Gasteiger charge is -2.39. The van der Waals surface area contributed by atoms with Gasteiger partial charge in [0.2, 0.25) is 0 Å². The molecule has 5 rings (SSSR count). The largest absolute Gasteiger partial charge is 0.369 e. The number of fused-ring (bicyclic) bond motifs is 1. The van der Waals surface area contributed by atoms with Gasteiger partial charge in [-0.3, -0.25) is 4.90 Å². The van der Waals surface area contributed by atoms with Crippen molar-refractivity contribution in [3.63, 3.8) is 0 Å². The number of aromatic nitrogens is 4. The first-order valence-electron chi connectivity index (χ1n) is 9.60. The average Bonchev–Trinajstić information content (AvgIpc) is 3.39. The Morgan fingerprint density at radius 1 is 1.04 bits per heavy atom. The van der Waals surface area contributed by atoms with Gasteiger partial charge in [0, 0.05) is 60.7 Å². The van der Waals surface area contributed by atoms with Crippen molar-refractivity contribution in [2.24, 2.45) is 0 Å². The van der Waals surface area contributed by atoms with Crippen molar-refractivity contribution >= 4 is 16.7 Å². The minimum absolute atomic E-state index is 0.678. The van der Waals surface area contributed by atoms with E-state index < -0.39 is 0 Å². The molecule has 3 aromatic rings. The fraction of sp³-hybridized carbons (Fsp3) is 0.450. The summed E-state index contributed by atoms with van der Waals surface area (Å²) in [4.78, 5) is 21.5. The number of aromatic amines is 1. The van der Waals surface area contributed by atoms with Crippen molar-refractivity contribution in [3.8, 4) is 11.1 Å². The summed E-state index contributed by atoms with van der Waals surface area (Å²) < 4.78 is 0. The average molecular weight is 348 g/mol. The van der Waals surface area contributed by atoms with Crippen LogP contribution < -0.4 is 4.90 Å². The second-order valence-corrected chi connectivity index (χ2v) is 7.37. The molecule has 134 valence electrons. The monoisotopic (exact) mass is 348 g/mol. The summed E-state index contributed by atoms with van der Waals surface area (Å²) in [5.74, 6) is 0. The first-order chi connectivity index (χ1) is 12.9. The van der Waals surface area contributed by atoms with Gasteiger partial charge in [-0.25, -0.2) is 15.0 Å². The van der Waals surface area contributed by atoms with E-state index in [-0.39, 0.29) is 0 Å². The first kappa shape index (κ1) is 15.8. The van der Waals surface area contributed by atoms with Gasteiger partial charge in [-0.2, -0.15) is 0 Å². The molecule has 6 heteroatoms. The third-order valence-electron chi connectivity index (χ3n) is 5.82. The van der Waals surface area contributed by atoms with Crippen LogP contribution in [-0.2, 0) is 0 Å². The maximum absolute atomic E-state index is 4.55. The molecule has 0 aromatic carbocycles. The summed E-state index contributed by atoms with van der Waals surface area (Å²) >= 11 is 0. The van der Waals surface area contributed by atoms with Crippen LogP contribution in [0.5, 0.6) is 0 Å². The number of pyridine rings is 1. The SMILES string of the molecule is c1ncc(-c2c[nH]c3nccc(N4CCC[C@H](N5CCCC5)C4)c23)cn1. The fourth-order valence-electron chi connectivity index (χ4n) is 4.55. The molecule has 1 N–H and O–H groups in total. The molecular weight excluding hydrogens is 324 g/mol. The summed E-state index contributed by atoms with van der Waals surface area (Å²) in [6.07, 6.45) is 14.5. The van der Waals surface area contributed by atoms with Crippen LogP contribution in [0, 0.1) is 0 Å². The summed E-state index contributed by atoms with van der Waals surface area (Å²) in [6, 6.07) is 2.84. The molecule has 5 heterocycles. The normalized spacial score (nSPS) is 21.5. The highest BCUT2D eigenvalue weighted by molar-refractivity contribution is 6.02. The van der Waals surface area contributed by atoms with Crippen LogP contribution in [0.3, 0.4) is 0 Å². The Hall–Kier alpha value is -2.47. The van der Waals surface area contributed by atoms with Crippen molar-refractivity contribution < 1.29 is 0 Å². The van der Waals surface area contributed by atoms with Crippen LogP contribution in [-0.4, -0.2) is 57.1 Å². The van der Waals surface area contributed by atoms with Gasteiger partial charge in [-0.1, -0.05) is 0 Å². The molecule has 0 aliphatic carbocycles. The van der Waals surface area contributed by atoms with Crippen LogP contribution in [0.2, 0.25) is 0 Å². The quantitative estimate of drug-likeness (QED) is 0.788. The number of hydrogen-bond acceptors (Lipinski definition) is 5. The van der Waals surface area contributed by atoms with E-state index in [0.29, 0.717) is 6.04 Å². The summed E-state index contributed by atoms with van der Waals surface area (Å²) in [6.45, 7) is 4.75. The van der Waals surface area contributed by atoms with E-state index in [2.05, 4.69) is 35.8 Å². The molecule has 2 aliphatic heterocycles. The molecule has 0 bridgehead atoms. The Balaban J connectivity index is 1.53. The Morgan fingerprint density at radius 2 is 1.88 bits per heavy atom. The van der Waals surface area contributed by atoms with E-state index in [9.17, 15) is 0 Å². The standard InChI is InChI=1S/C20H24N6/c1-2-8-25(7-1)16-4-3-9-26(13-16)18-5-6-23-20-19(18)17(12-24-20)15-10-21-14-22-11-15/h5-6,10-12,14,16H,1-4,7-9,13H2,(H,23,24)/t16-/m0/s1. The predicted molar refractivity (Wildman–Crippen MR) is 103 cm³/mol. The van der Waals surface area contributed by atoms with E-state index in [4.69, 9.17) is 0 Å². The molecule has 0 amide bonds. The topological polar surface area (TPSA) is 60.9 Å². The van der Waals surface area contributed by atoms with Crippen LogP contribution >= 0.6 is 0 Å². The first-order valence-corrected chi connectivity index (χ1v) is 9.60. The van der Waals surface area contributed by atoms with Crippen molar-refractivity contribution in [1.82, 2.24) is 24.8 Å². The van der Waals surface area contributed by atoms with Crippen LogP contribution in [0.15, 0.2) is 37.2 Å². The third kappa shape index (κ3) is 2.74. The smallest absolute Gasteiger partial charge is 0.139 e. The number of rotatable bonds is 3. The van der Waals surface area contributed by atoms with Crippen molar-refractivity contribution in [3.05, 3.63) is 37.2 Å². The van der Waals surface area contributed by atoms with E-state index in [1.165, 1.54) is 49.8 Å². The molecule has 0 unspecified atom stereocenters. The minimum Gasteiger partial charge on any atom is -0.369 e. The second-order valence-electron chi connectivity index (χ2n) is 7.37. The molecule has 0 saturated carbocycles. The van der Waals surface area contributed by atoms with Gasteiger partial charge in [-0.15, -0.1) is 0 Å². The molecule has 1 atom stereocenters. The van der Waals surface area contributed by atoms with Gasteiger partial charge >= 0.3 is 0 Å². The predicted octanol–water partition coefficient (Wildman–Crippen LogP) is 3.08. The molecule has 26 heavy (non-hydrogen) atoms. The summed E-state index contributed by atoms with van der Waals surface area (Å²) in [5.41, 5.74) is 4.37. The Morgan fingerprint density at radius 3 is 2.73 bits per heavy atom. The highest BCUT2D eigenvalue weighted by Crippen LogP contribution is 2.36. The molecular formula is C20H24N6. The second kappa shape index (κ2) is 6.68. The molecule has 2 fully saturated rings. The highest BCUT2D eigenvalue weighted by Gasteiger charge is 2.28. The van der Waals surface area contributed by atoms with Gasteiger partial charge in [0.15, 0.2) is 0 Å². The van der Waals surface area contributed by atoms with E-state index in [1.807, 2.05) is 24.8 Å². The number of anilines is 1. The molecule has 2 saturated heterocycles. The lowest BCUT2D eigenvalue weighted by molar-refractivity contribution is 0.215. The Bertz CT molecular complexity index is 884. The number of nitrogens with one attached hydrogen (secondary N) is 1. The number of H-pyrrole nitrogens is 1. The van der Waals surface area contributed by atoms with E-state index in [1.54, 1.807) is 6.33 Å². The highest BCUT2D eigenvalue weighted by atomic mass is 15.2. The number of nitrogens with zero attached hydrogens (tertiary/aromatic N) is 5. The van der Waals surface area contributed by atoms with Gasteiger partial charge in [-0.05, 0) is 44.8 Å². The maximum atomic E-state index is 4.55. The van der Waals surface area contributed by atoms with Crippen molar-refractivity contribution in [2.45, 2.75) is 31.7 Å². The van der Waals surface area contributed by atoms with Gasteiger partial charge in [0.25, 0.3) is 0 Å². The summed E-state index contributed by atoms with van der Waals surface area (Å²) in [7, 11) is 0. The Kier molecular flexibility index (Phi) is 4.05. The zero-order valence-electron chi connectivity index (χ0n) is 14.9. The van der Waals surface area contributed by atoms with Gasteiger partial charge in [0.05, 0.1) is 5.39 Å². The maximum Gasteiger partial charge on any atom is 0.139 e. The molecule has 0 spiro atoms. The van der Waals surface area contributed by atoms with Gasteiger partial charge in [0.1, 0.15) is 12.0 Å². The zero-order chi connectivity index (χ0) is 17.3. The van der Waals surface area contributed by atoms with Gasteiger partial charge < -0.3 is 9.88 Å². The Labute approximate surface area is 153 Å². The molecule has 0 radical (unpaired) electrons. The van der Waals surface area contributed by atoms with Crippen LogP contribution in [0.1, 0.15) is 25.7 Å². The van der Waals surface area contributed by atoms with Crippen LogP contribution in [0.25, 0.3) is 22.2 Å². The molecule has 3 aromatic heterocycles. The lowest BCUT2D eigenvalue weighted by Crippen LogP contribution is -2.47. The molecule has 2 aliphatic rings. The number of hydrogen-bond donors (Lipinski definition) is 1. The summed E-state index contributed by atoms with van der Waals surface area (Å²) in [5, 5.41) is 1.18. The number of piperidine rings is 1. The van der Waals surface area contributed by atoms with Crippen LogP contribution in [0.4, 0.5) is 5.69 Å². The molecule has 6 nitrogen and oxygen atoms in total. The lowest BCUT2D eigenvalue weighted by atomic mass is 10.0. The zero-order valence-corrected chi connectivity index (χ0v) is 14.9. The van der Waals surface area contributed by atoms with E-state index >= 15 is 0 Å². The minimum atomic E-state index is 0.678. The van der Waals surface area contributed by atoms with Crippen molar-refractivity contribution in [1.29, 1.82) is 0 Å². The van der Waals surface area contributed by atoms with Crippen molar-refractivity contribution in [2.75, 3.05) is 31.1 Å². The number of likely N-dealkylation sites (tertiary alicyclic amines) is 1.